The lowest BCUT2D eigenvalue weighted by Gasteiger charge is -2.15. The van der Waals surface area contributed by atoms with Crippen molar-refractivity contribution in [3.63, 3.8) is 0 Å². The summed E-state index contributed by atoms with van der Waals surface area (Å²) in [6.07, 6.45) is -1.11. The van der Waals surface area contributed by atoms with Crippen LogP contribution in [-0.4, -0.2) is 31.0 Å². The van der Waals surface area contributed by atoms with Crippen LogP contribution < -0.4 is 0 Å². The molecule has 1 fully saturated rings. The Labute approximate surface area is 83.8 Å². The predicted molar refractivity (Wildman–Crippen MR) is 42.9 cm³/mol. The minimum atomic E-state index is -4.47. The highest BCUT2D eigenvalue weighted by atomic mass is 19.4. The van der Waals surface area contributed by atoms with E-state index in [0.29, 0.717) is 6.42 Å². The van der Waals surface area contributed by atoms with Gasteiger partial charge in [0.25, 0.3) is 0 Å². The summed E-state index contributed by atoms with van der Waals surface area (Å²) in [6, 6.07) is 0. The van der Waals surface area contributed by atoms with E-state index in [0.717, 1.165) is 0 Å². The van der Waals surface area contributed by atoms with Gasteiger partial charge < -0.3 is 9.47 Å². The Balaban J connectivity index is 1.85. The fraction of sp³-hybridized carbons (Fsp3) is 0.667. The topological polar surface area (TPSA) is 35.5 Å². The monoisotopic (exact) mass is 222 g/mol. The van der Waals surface area contributed by atoms with Crippen molar-refractivity contribution in [1.29, 1.82) is 0 Å². The number of fused-ring (bicyclic) bond motifs is 2. The molecule has 0 N–H and O–H groups in total. The van der Waals surface area contributed by atoms with Crippen LogP contribution >= 0.6 is 0 Å². The standard InChI is InChI=1S/C9H9F3O3/c10-9(11,12)4-14-8(13)6-3-5-1-2-7(6)15-5/h1-2,5-7H,3-4H2/t5-,6-,7+/m1/s1. The van der Waals surface area contributed by atoms with Crippen molar-refractivity contribution in [3.05, 3.63) is 12.2 Å². The van der Waals surface area contributed by atoms with Gasteiger partial charge in [-0.3, -0.25) is 4.79 Å². The first kappa shape index (κ1) is 10.5. The Morgan fingerprint density at radius 2 is 2.20 bits per heavy atom. The molecule has 0 amide bonds. The Hall–Kier alpha value is -1.04. The molecule has 2 aliphatic heterocycles. The lowest BCUT2D eigenvalue weighted by molar-refractivity contribution is -0.189. The van der Waals surface area contributed by atoms with Crippen LogP contribution in [0.3, 0.4) is 0 Å². The number of halogens is 3. The number of carbonyl (C=O) groups excluding carboxylic acids is 1. The average Bonchev–Trinajstić information content (AvgIpc) is 2.73. The number of alkyl halides is 3. The minimum absolute atomic E-state index is 0.140. The van der Waals surface area contributed by atoms with Gasteiger partial charge in [-0.2, -0.15) is 13.2 Å². The average molecular weight is 222 g/mol. The SMILES string of the molecule is O=C(OCC(F)(F)F)[C@@H]1C[C@H]2C=C[C@@H]1O2. The maximum Gasteiger partial charge on any atom is 0.422 e. The van der Waals surface area contributed by atoms with Crippen LogP contribution in [0.5, 0.6) is 0 Å². The third kappa shape index (κ3) is 2.31. The highest BCUT2D eigenvalue weighted by molar-refractivity contribution is 5.74. The highest BCUT2D eigenvalue weighted by Gasteiger charge is 2.43. The number of ether oxygens (including phenoxy) is 2. The summed E-state index contributed by atoms with van der Waals surface area (Å²) in [6.45, 7) is -1.52. The van der Waals surface area contributed by atoms with Crippen molar-refractivity contribution < 1.29 is 27.4 Å². The second-order valence-electron chi connectivity index (χ2n) is 3.59. The van der Waals surface area contributed by atoms with E-state index in [1.165, 1.54) is 0 Å². The number of carbonyl (C=O) groups is 1. The van der Waals surface area contributed by atoms with E-state index < -0.39 is 30.8 Å². The van der Waals surface area contributed by atoms with Gasteiger partial charge in [-0.25, -0.2) is 0 Å². The molecule has 84 valence electrons. The van der Waals surface area contributed by atoms with E-state index in [1.807, 2.05) is 0 Å². The zero-order valence-corrected chi connectivity index (χ0v) is 7.66. The first-order valence-electron chi connectivity index (χ1n) is 4.53. The van der Waals surface area contributed by atoms with E-state index in [2.05, 4.69) is 4.74 Å². The molecule has 6 heteroatoms. The summed E-state index contributed by atoms with van der Waals surface area (Å²) >= 11 is 0. The second kappa shape index (κ2) is 3.52. The third-order valence-electron chi connectivity index (χ3n) is 2.41. The smallest absolute Gasteiger partial charge is 0.422 e. The van der Waals surface area contributed by atoms with Crippen molar-refractivity contribution in [2.75, 3.05) is 6.61 Å². The van der Waals surface area contributed by atoms with Gasteiger partial charge in [0, 0.05) is 0 Å². The molecule has 0 aromatic heterocycles. The molecule has 3 nitrogen and oxygen atoms in total. The predicted octanol–water partition coefficient (Wildman–Crippen LogP) is 1.44. The molecule has 0 radical (unpaired) electrons. The van der Waals surface area contributed by atoms with Gasteiger partial charge in [0.1, 0.15) is 0 Å². The Bertz CT molecular complexity index is 297. The molecule has 0 spiro atoms. The van der Waals surface area contributed by atoms with Crippen molar-refractivity contribution in [3.8, 4) is 0 Å². The van der Waals surface area contributed by atoms with Crippen LogP contribution in [0.4, 0.5) is 13.2 Å². The fourth-order valence-corrected chi connectivity index (χ4v) is 1.76. The Morgan fingerprint density at radius 1 is 1.47 bits per heavy atom. The van der Waals surface area contributed by atoms with Gasteiger partial charge >= 0.3 is 12.1 Å². The van der Waals surface area contributed by atoms with Crippen molar-refractivity contribution in [2.24, 2.45) is 5.92 Å². The molecule has 1 saturated heterocycles. The molecule has 2 bridgehead atoms. The van der Waals surface area contributed by atoms with Gasteiger partial charge in [-0.1, -0.05) is 12.2 Å². The van der Waals surface area contributed by atoms with E-state index >= 15 is 0 Å². The summed E-state index contributed by atoms with van der Waals surface area (Å²) < 4.78 is 44.7. The summed E-state index contributed by atoms with van der Waals surface area (Å²) in [7, 11) is 0. The molecule has 3 atom stereocenters. The summed E-state index contributed by atoms with van der Waals surface area (Å²) in [4.78, 5) is 11.2. The van der Waals surface area contributed by atoms with Gasteiger partial charge in [0.2, 0.25) is 0 Å². The second-order valence-corrected chi connectivity index (χ2v) is 3.59. The van der Waals surface area contributed by atoms with Gasteiger partial charge in [-0.05, 0) is 6.42 Å². The summed E-state index contributed by atoms with van der Waals surface area (Å²) in [5.74, 6) is -1.41. The molecule has 0 saturated carbocycles. The minimum Gasteiger partial charge on any atom is -0.456 e. The van der Waals surface area contributed by atoms with Crippen LogP contribution in [0.15, 0.2) is 12.2 Å². The molecule has 0 aromatic carbocycles. The molecule has 0 aromatic rings. The molecule has 15 heavy (non-hydrogen) atoms. The van der Waals surface area contributed by atoms with Crippen molar-refractivity contribution in [2.45, 2.75) is 24.8 Å². The first-order valence-corrected chi connectivity index (χ1v) is 4.53. The zero-order chi connectivity index (χ0) is 11.1. The first-order chi connectivity index (χ1) is 6.96. The van der Waals surface area contributed by atoms with Crippen molar-refractivity contribution in [1.82, 2.24) is 0 Å². The molecular formula is C9H9F3O3. The van der Waals surface area contributed by atoms with Crippen LogP contribution in [0.2, 0.25) is 0 Å². The zero-order valence-electron chi connectivity index (χ0n) is 7.66. The molecule has 0 unspecified atom stereocenters. The molecule has 2 rings (SSSR count). The van der Waals surface area contributed by atoms with Gasteiger partial charge in [-0.15, -0.1) is 0 Å². The Kier molecular flexibility index (Phi) is 2.46. The van der Waals surface area contributed by atoms with Crippen LogP contribution in [0, 0.1) is 5.92 Å². The number of hydrogen-bond donors (Lipinski definition) is 0. The van der Waals surface area contributed by atoms with E-state index in [9.17, 15) is 18.0 Å². The maximum atomic E-state index is 11.8. The normalized spacial score (nSPS) is 33.4. The lowest BCUT2D eigenvalue weighted by Crippen LogP contribution is -2.29. The Morgan fingerprint density at radius 3 is 2.67 bits per heavy atom. The maximum absolute atomic E-state index is 11.8. The van der Waals surface area contributed by atoms with Crippen molar-refractivity contribution >= 4 is 5.97 Å². The molecule has 0 aliphatic carbocycles. The molecule has 2 heterocycles. The van der Waals surface area contributed by atoms with Crippen LogP contribution in [0.1, 0.15) is 6.42 Å². The van der Waals surface area contributed by atoms with Crippen LogP contribution in [0.25, 0.3) is 0 Å². The highest BCUT2D eigenvalue weighted by Crippen LogP contribution is 2.34. The summed E-state index contributed by atoms with van der Waals surface area (Å²) in [5.41, 5.74) is 0. The molecular weight excluding hydrogens is 213 g/mol. The largest absolute Gasteiger partial charge is 0.456 e. The molecule has 2 aliphatic rings. The van der Waals surface area contributed by atoms with E-state index in [1.54, 1.807) is 12.2 Å². The van der Waals surface area contributed by atoms with Gasteiger partial charge in [0.15, 0.2) is 6.61 Å². The number of esters is 1. The summed E-state index contributed by atoms with van der Waals surface area (Å²) in [5, 5.41) is 0. The van der Waals surface area contributed by atoms with E-state index in [4.69, 9.17) is 4.74 Å². The lowest BCUT2D eigenvalue weighted by atomic mass is 9.95. The number of rotatable bonds is 2. The van der Waals surface area contributed by atoms with Gasteiger partial charge in [0.05, 0.1) is 18.1 Å². The quantitative estimate of drug-likeness (QED) is 0.523. The fourth-order valence-electron chi connectivity index (χ4n) is 1.76. The third-order valence-corrected chi connectivity index (χ3v) is 2.41. The van der Waals surface area contributed by atoms with E-state index in [-0.39, 0.29) is 6.10 Å². The number of hydrogen-bond acceptors (Lipinski definition) is 3. The van der Waals surface area contributed by atoms with Crippen LogP contribution in [-0.2, 0) is 14.3 Å².